The Morgan fingerprint density at radius 2 is 1.83 bits per heavy atom. The summed E-state index contributed by atoms with van der Waals surface area (Å²) in [5.74, 6) is 0. The minimum Gasteiger partial charge on any atom is -0.394 e. The third-order valence-corrected chi connectivity index (χ3v) is 1.89. The van der Waals surface area contributed by atoms with Crippen molar-refractivity contribution in [3.63, 3.8) is 0 Å². The molecule has 74 valence electrons. The zero-order valence-corrected chi connectivity index (χ0v) is 8.25. The molecule has 0 aromatic heterocycles. The standard InChI is InChI=1S/C9H21NO2/c1-3-10(4-2)6-5-8-12-9-7-11/h11H,3-9H2,1-2H3. The van der Waals surface area contributed by atoms with Gasteiger partial charge in [0.25, 0.3) is 0 Å². The molecule has 1 N–H and O–H groups in total. The van der Waals surface area contributed by atoms with Crippen LogP contribution in [-0.4, -0.2) is 49.5 Å². The predicted octanol–water partition coefficient (Wildman–Crippen LogP) is 0.727. The predicted molar refractivity (Wildman–Crippen MR) is 50.3 cm³/mol. The molecule has 0 aromatic rings. The molecule has 0 bridgehead atoms. The molecule has 0 aliphatic carbocycles. The lowest BCUT2D eigenvalue weighted by Crippen LogP contribution is -2.24. The van der Waals surface area contributed by atoms with E-state index in [1.54, 1.807) is 0 Å². The van der Waals surface area contributed by atoms with Crippen molar-refractivity contribution in [2.75, 3.05) is 39.5 Å². The molecule has 0 aliphatic rings. The molecule has 3 heteroatoms. The molecule has 0 heterocycles. The lowest BCUT2D eigenvalue weighted by Gasteiger charge is -2.17. The second-order valence-electron chi connectivity index (χ2n) is 2.72. The highest BCUT2D eigenvalue weighted by Gasteiger charge is 1.97. The molecule has 0 fully saturated rings. The van der Waals surface area contributed by atoms with E-state index in [0.29, 0.717) is 6.61 Å². The van der Waals surface area contributed by atoms with E-state index in [1.165, 1.54) is 0 Å². The van der Waals surface area contributed by atoms with Crippen LogP contribution in [0.1, 0.15) is 20.3 Å². The maximum Gasteiger partial charge on any atom is 0.0697 e. The van der Waals surface area contributed by atoms with Gasteiger partial charge in [-0.2, -0.15) is 0 Å². The first-order valence-corrected chi connectivity index (χ1v) is 4.76. The van der Waals surface area contributed by atoms with Crippen molar-refractivity contribution in [1.29, 1.82) is 0 Å². The highest BCUT2D eigenvalue weighted by Crippen LogP contribution is 1.90. The monoisotopic (exact) mass is 175 g/mol. The molecule has 0 aromatic carbocycles. The van der Waals surface area contributed by atoms with Gasteiger partial charge in [-0.15, -0.1) is 0 Å². The molecule has 0 radical (unpaired) electrons. The Labute approximate surface area is 75.3 Å². The second kappa shape index (κ2) is 8.97. The van der Waals surface area contributed by atoms with Crippen LogP contribution < -0.4 is 0 Å². The fraction of sp³-hybridized carbons (Fsp3) is 1.00. The molecule has 0 unspecified atom stereocenters. The zero-order valence-electron chi connectivity index (χ0n) is 8.25. The number of ether oxygens (including phenoxy) is 1. The van der Waals surface area contributed by atoms with E-state index < -0.39 is 0 Å². The van der Waals surface area contributed by atoms with Crippen LogP contribution in [0.2, 0.25) is 0 Å². The van der Waals surface area contributed by atoms with Crippen molar-refractivity contribution < 1.29 is 9.84 Å². The van der Waals surface area contributed by atoms with Crippen LogP contribution in [0, 0.1) is 0 Å². The van der Waals surface area contributed by atoms with Crippen LogP contribution in [0.25, 0.3) is 0 Å². The van der Waals surface area contributed by atoms with Crippen LogP contribution in [0.5, 0.6) is 0 Å². The number of rotatable bonds is 8. The van der Waals surface area contributed by atoms with E-state index in [4.69, 9.17) is 9.84 Å². The first kappa shape index (κ1) is 11.9. The van der Waals surface area contributed by atoms with Gasteiger partial charge in [0.15, 0.2) is 0 Å². The number of aliphatic hydroxyl groups is 1. The molecular formula is C9H21NO2. The Kier molecular flexibility index (Phi) is 8.88. The Bertz CT molecular complexity index is 84.6. The SMILES string of the molecule is CCN(CC)CCCOCCO. The lowest BCUT2D eigenvalue weighted by molar-refractivity contribution is 0.0852. The molecule has 0 saturated heterocycles. The minimum atomic E-state index is 0.130. The first-order chi connectivity index (χ1) is 5.85. The Morgan fingerprint density at radius 3 is 2.33 bits per heavy atom. The highest BCUT2D eigenvalue weighted by atomic mass is 16.5. The minimum absolute atomic E-state index is 0.130. The van der Waals surface area contributed by atoms with E-state index >= 15 is 0 Å². The van der Waals surface area contributed by atoms with Crippen LogP contribution in [0.3, 0.4) is 0 Å². The molecular weight excluding hydrogens is 154 g/mol. The summed E-state index contributed by atoms with van der Waals surface area (Å²) in [5.41, 5.74) is 0. The summed E-state index contributed by atoms with van der Waals surface area (Å²) < 4.78 is 5.15. The van der Waals surface area contributed by atoms with Gasteiger partial charge in [0, 0.05) is 13.2 Å². The topological polar surface area (TPSA) is 32.7 Å². The molecule has 0 amide bonds. The van der Waals surface area contributed by atoms with Gasteiger partial charge in [-0.1, -0.05) is 13.8 Å². The largest absolute Gasteiger partial charge is 0.394 e. The molecule has 0 spiro atoms. The van der Waals surface area contributed by atoms with E-state index in [1.807, 2.05) is 0 Å². The molecule has 12 heavy (non-hydrogen) atoms. The summed E-state index contributed by atoms with van der Waals surface area (Å²) in [6.07, 6.45) is 1.06. The van der Waals surface area contributed by atoms with Gasteiger partial charge in [0.2, 0.25) is 0 Å². The summed E-state index contributed by atoms with van der Waals surface area (Å²) in [6, 6.07) is 0. The Hall–Kier alpha value is -0.120. The van der Waals surface area contributed by atoms with E-state index in [0.717, 1.165) is 32.7 Å². The summed E-state index contributed by atoms with van der Waals surface area (Å²) in [4.78, 5) is 2.36. The average molecular weight is 175 g/mol. The number of hydrogen-bond acceptors (Lipinski definition) is 3. The van der Waals surface area contributed by atoms with Crippen molar-refractivity contribution in [1.82, 2.24) is 4.90 Å². The van der Waals surface area contributed by atoms with Gasteiger partial charge in [-0.3, -0.25) is 0 Å². The van der Waals surface area contributed by atoms with Gasteiger partial charge in [0.05, 0.1) is 13.2 Å². The molecule has 0 rings (SSSR count). The molecule has 3 nitrogen and oxygen atoms in total. The Balaban J connectivity index is 3.06. The first-order valence-electron chi connectivity index (χ1n) is 4.76. The van der Waals surface area contributed by atoms with E-state index in [-0.39, 0.29) is 6.61 Å². The van der Waals surface area contributed by atoms with Crippen LogP contribution in [-0.2, 0) is 4.74 Å². The molecule has 0 atom stereocenters. The fourth-order valence-corrected chi connectivity index (χ4v) is 1.10. The smallest absolute Gasteiger partial charge is 0.0697 e. The number of nitrogens with zero attached hydrogens (tertiary/aromatic N) is 1. The summed E-state index contributed by atoms with van der Waals surface area (Å²) in [5, 5.41) is 8.43. The van der Waals surface area contributed by atoms with Crippen molar-refractivity contribution in [3.8, 4) is 0 Å². The van der Waals surface area contributed by atoms with Gasteiger partial charge >= 0.3 is 0 Å². The van der Waals surface area contributed by atoms with Crippen molar-refractivity contribution >= 4 is 0 Å². The van der Waals surface area contributed by atoms with Gasteiger partial charge < -0.3 is 14.7 Å². The van der Waals surface area contributed by atoms with Crippen LogP contribution in [0.4, 0.5) is 0 Å². The van der Waals surface area contributed by atoms with Crippen molar-refractivity contribution in [2.45, 2.75) is 20.3 Å². The zero-order chi connectivity index (χ0) is 9.23. The third-order valence-electron chi connectivity index (χ3n) is 1.89. The van der Waals surface area contributed by atoms with E-state index in [2.05, 4.69) is 18.7 Å². The second-order valence-corrected chi connectivity index (χ2v) is 2.72. The maximum absolute atomic E-state index is 8.43. The summed E-state index contributed by atoms with van der Waals surface area (Å²) in [7, 11) is 0. The van der Waals surface area contributed by atoms with Gasteiger partial charge in [0.1, 0.15) is 0 Å². The quantitative estimate of drug-likeness (QED) is 0.552. The average Bonchev–Trinajstić information content (AvgIpc) is 2.11. The van der Waals surface area contributed by atoms with Gasteiger partial charge in [-0.25, -0.2) is 0 Å². The highest BCUT2D eigenvalue weighted by molar-refractivity contribution is 4.51. The third kappa shape index (κ3) is 6.58. The molecule has 0 aliphatic heterocycles. The summed E-state index contributed by atoms with van der Waals surface area (Å²) in [6.45, 7) is 9.00. The fourth-order valence-electron chi connectivity index (χ4n) is 1.10. The molecule has 0 saturated carbocycles. The van der Waals surface area contributed by atoms with Crippen molar-refractivity contribution in [2.24, 2.45) is 0 Å². The van der Waals surface area contributed by atoms with Gasteiger partial charge in [-0.05, 0) is 19.5 Å². The van der Waals surface area contributed by atoms with Crippen LogP contribution in [0.15, 0.2) is 0 Å². The summed E-state index contributed by atoms with van der Waals surface area (Å²) >= 11 is 0. The normalized spacial score (nSPS) is 11.0. The van der Waals surface area contributed by atoms with Crippen LogP contribution >= 0.6 is 0 Å². The lowest BCUT2D eigenvalue weighted by atomic mass is 10.4. The Morgan fingerprint density at radius 1 is 1.17 bits per heavy atom. The number of aliphatic hydroxyl groups excluding tert-OH is 1. The van der Waals surface area contributed by atoms with E-state index in [9.17, 15) is 0 Å². The van der Waals surface area contributed by atoms with Crippen molar-refractivity contribution in [3.05, 3.63) is 0 Å². The maximum atomic E-state index is 8.43. The number of hydrogen-bond donors (Lipinski definition) is 1.